The molecule has 0 saturated heterocycles. The smallest absolute Gasteiger partial charge is 0.355 e. The fourth-order valence-electron chi connectivity index (χ4n) is 3.15. The van der Waals surface area contributed by atoms with Crippen LogP contribution in [0.5, 0.6) is 0 Å². The normalized spacial score (nSPS) is 10.8. The quantitative estimate of drug-likeness (QED) is 0.394. The predicted molar refractivity (Wildman–Crippen MR) is 110 cm³/mol. The van der Waals surface area contributed by atoms with Gasteiger partial charge in [-0.3, -0.25) is 9.59 Å². The van der Waals surface area contributed by atoms with Crippen LogP contribution in [0.1, 0.15) is 51.3 Å². The number of benzene rings is 1. The van der Waals surface area contributed by atoms with Crippen molar-refractivity contribution in [1.29, 1.82) is 0 Å². The summed E-state index contributed by atoms with van der Waals surface area (Å²) in [4.78, 5) is 43.5. The highest BCUT2D eigenvalue weighted by atomic mass is 19.1. The third-order valence-corrected chi connectivity index (χ3v) is 4.67. The van der Waals surface area contributed by atoms with Crippen LogP contribution in [0, 0.1) is 19.7 Å². The number of ether oxygens (including phenoxy) is 2. The van der Waals surface area contributed by atoms with Gasteiger partial charge in [-0.1, -0.05) is 5.16 Å². The molecule has 0 radical (unpaired) electrons. The Kier molecular flexibility index (Phi) is 7.14. The maximum Gasteiger partial charge on any atom is 0.355 e. The summed E-state index contributed by atoms with van der Waals surface area (Å²) in [5, 5.41) is 3.80. The Hall–Kier alpha value is -3.82. The largest absolute Gasteiger partial charge is 0.461 e. The number of carbonyl (C=O) groups excluding carboxylic acids is 3. The lowest BCUT2D eigenvalue weighted by Gasteiger charge is -2.05. The standard InChI is InChI=1S/C22H22FN3O6/c1-4-30-22(29)20-12(2)19(13(3)24-20)16(27)11-31-18(28)10-9-17-25-21(26-32-17)14-5-7-15(23)8-6-14/h5-8,24H,4,9-11H2,1-3H3. The van der Waals surface area contributed by atoms with Crippen molar-refractivity contribution in [3.8, 4) is 11.4 Å². The third-order valence-electron chi connectivity index (χ3n) is 4.67. The molecule has 3 aromatic rings. The molecule has 10 heteroatoms. The van der Waals surface area contributed by atoms with Gasteiger partial charge in [0.1, 0.15) is 11.5 Å². The molecule has 0 aliphatic rings. The second kappa shape index (κ2) is 9.99. The Morgan fingerprint density at radius 3 is 2.53 bits per heavy atom. The number of aromatic amines is 1. The number of rotatable bonds is 9. The molecule has 2 heterocycles. The molecule has 0 atom stereocenters. The number of nitrogens with one attached hydrogen (secondary N) is 1. The van der Waals surface area contributed by atoms with Crippen LogP contribution in [0.4, 0.5) is 4.39 Å². The number of nitrogens with zero attached hydrogens (tertiary/aromatic N) is 2. The number of ketones is 1. The Balaban J connectivity index is 1.53. The van der Waals surface area contributed by atoms with Gasteiger partial charge in [0, 0.05) is 23.2 Å². The molecule has 0 amide bonds. The molecule has 3 rings (SSSR count). The Bertz CT molecular complexity index is 1130. The summed E-state index contributed by atoms with van der Waals surface area (Å²) < 4.78 is 28.1. The Morgan fingerprint density at radius 2 is 1.84 bits per heavy atom. The van der Waals surface area contributed by atoms with Crippen molar-refractivity contribution in [3.05, 3.63) is 58.5 Å². The number of Topliss-reactive ketones (excluding diaryl/α,β-unsaturated/α-hetero) is 1. The number of esters is 2. The van der Waals surface area contributed by atoms with Gasteiger partial charge in [0.05, 0.1) is 13.0 Å². The van der Waals surface area contributed by atoms with Crippen LogP contribution in [0.15, 0.2) is 28.8 Å². The maximum absolute atomic E-state index is 13.0. The maximum atomic E-state index is 13.0. The fraction of sp³-hybridized carbons (Fsp3) is 0.318. The molecule has 32 heavy (non-hydrogen) atoms. The molecule has 168 valence electrons. The van der Waals surface area contributed by atoms with Gasteiger partial charge in [-0.15, -0.1) is 0 Å². The lowest BCUT2D eigenvalue weighted by atomic mass is 10.1. The van der Waals surface area contributed by atoms with Crippen LogP contribution >= 0.6 is 0 Å². The summed E-state index contributed by atoms with van der Waals surface area (Å²) >= 11 is 0. The summed E-state index contributed by atoms with van der Waals surface area (Å²) in [5.41, 5.74) is 2.01. The first-order valence-corrected chi connectivity index (χ1v) is 9.93. The summed E-state index contributed by atoms with van der Waals surface area (Å²) in [6.45, 7) is 4.71. The zero-order valence-electron chi connectivity index (χ0n) is 17.9. The molecule has 0 aliphatic carbocycles. The van der Waals surface area contributed by atoms with Crippen molar-refractivity contribution in [2.24, 2.45) is 0 Å². The van der Waals surface area contributed by atoms with E-state index in [9.17, 15) is 18.8 Å². The second-order valence-electron chi connectivity index (χ2n) is 6.95. The van der Waals surface area contributed by atoms with Gasteiger partial charge < -0.3 is 19.0 Å². The van der Waals surface area contributed by atoms with Crippen LogP contribution in [0.25, 0.3) is 11.4 Å². The molecule has 0 saturated carbocycles. The lowest BCUT2D eigenvalue weighted by molar-refractivity contribution is -0.142. The molecule has 0 bridgehead atoms. The van der Waals surface area contributed by atoms with Gasteiger partial charge in [0.2, 0.25) is 17.5 Å². The minimum Gasteiger partial charge on any atom is -0.461 e. The first-order valence-electron chi connectivity index (χ1n) is 9.93. The molecule has 0 aliphatic heterocycles. The van der Waals surface area contributed by atoms with E-state index in [0.717, 1.165) is 0 Å². The van der Waals surface area contributed by atoms with Crippen LogP contribution < -0.4 is 0 Å². The zero-order valence-corrected chi connectivity index (χ0v) is 17.9. The van der Waals surface area contributed by atoms with Gasteiger partial charge in [0.15, 0.2) is 6.61 Å². The van der Waals surface area contributed by atoms with E-state index in [1.165, 1.54) is 24.3 Å². The van der Waals surface area contributed by atoms with Crippen LogP contribution in [0.3, 0.4) is 0 Å². The monoisotopic (exact) mass is 443 g/mol. The molecular weight excluding hydrogens is 421 g/mol. The van der Waals surface area contributed by atoms with E-state index < -0.39 is 24.3 Å². The van der Waals surface area contributed by atoms with Crippen LogP contribution in [-0.4, -0.2) is 46.1 Å². The first-order chi connectivity index (χ1) is 15.3. The molecule has 1 N–H and O–H groups in total. The topological polar surface area (TPSA) is 124 Å². The molecule has 0 unspecified atom stereocenters. The Morgan fingerprint density at radius 1 is 1.12 bits per heavy atom. The lowest BCUT2D eigenvalue weighted by Crippen LogP contribution is -2.16. The zero-order chi connectivity index (χ0) is 23.3. The summed E-state index contributed by atoms with van der Waals surface area (Å²) in [6, 6.07) is 5.59. The van der Waals surface area contributed by atoms with Crippen molar-refractivity contribution in [2.45, 2.75) is 33.6 Å². The molecule has 2 aromatic heterocycles. The highest BCUT2D eigenvalue weighted by molar-refractivity contribution is 6.03. The van der Waals surface area contributed by atoms with E-state index >= 15 is 0 Å². The summed E-state index contributed by atoms with van der Waals surface area (Å²) in [7, 11) is 0. The van der Waals surface area contributed by atoms with Crippen LogP contribution in [0.2, 0.25) is 0 Å². The van der Waals surface area contributed by atoms with Gasteiger partial charge in [-0.25, -0.2) is 9.18 Å². The number of halogens is 1. The number of hydrogen-bond donors (Lipinski definition) is 1. The SMILES string of the molecule is CCOC(=O)c1[nH]c(C)c(C(=O)COC(=O)CCc2nc(-c3ccc(F)cc3)no2)c1C. The average molecular weight is 443 g/mol. The fourth-order valence-corrected chi connectivity index (χ4v) is 3.15. The molecule has 1 aromatic carbocycles. The van der Waals surface area contributed by atoms with E-state index in [4.69, 9.17) is 14.0 Å². The van der Waals surface area contributed by atoms with Crippen LogP contribution in [-0.2, 0) is 20.7 Å². The minimum atomic E-state index is -0.614. The number of hydrogen-bond acceptors (Lipinski definition) is 8. The minimum absolute atomic E-state index is 0.0719. The second-order valence-corrected chi connectivity index (χ2v) is 6.95. The van der Waals surface area contributed by atoms with Crippen molar-refractivity contribution < 1.29 is 32.8 Å². The number of aryl methyl sites for hydroxylation is 2. The Labute approximate surface area is 182 Å². The number of H-pyrrole nitrogens is 1. The van der Waals surface area contributed by atoms with Crippen molar-refractivity contribution >= 4 is 17.7 Å². The van der Waals surface area contributed by atoms with Gasteiger partial charge in [-0.05, 0) is 50.6 Å². The van der Waals surface area contributed by atoms with Gasteiger partial charge in [0.25, 0.3) is 0 Å². The van der Waals surface area contributed by atoms with E-state index in [2.05, 4.69) is 15.1 Å². The average Bonchev–Trinajstić information content (AvgIpc) is 3.35. The highest BCUT2D eigenvalue weighted by Crippen LogP contribution is 2.20. The molecule has 0 fully saturated rings. The first kappa shape index (κ1) is 22.9. The highest BCUT2D eigenvalue weighted by Gasteiger charge is 2.23. The molecule has 9 nitrogen and oxygen atoms in total. The van der Waals surface area contributed by atoms with Gasteiger partial charge >= 0.3 is 11.9 Å². The number of aromatic nitrogens is 3. The summed E-state index contributed by atoms with van der Waals surface area (Å²) in [5.74, 6) is -1.49. The summed E-state index contributed by atoms with van der Waals surface area (Å²) in [6.07, 6.45) is 0.0495. The third kappa shape index (κ3) is 5.26. The molecule has 0 spiro atoms. The van der Waals surface area contributed by atoms with Crippen molar-refractivity contribution in [3.63, 3.8) is 0 Å². The number of carbonyl (C=O) groups is 3. The van der Waals surface area contributed by atoms with E-state index in [0.29, 0.717) is 22.4 Å². The molecular formula is C22H22FN3O6. The van der Waals surface area contributed by atoms with E-state index in [1.54, 1.807) is 20.8 Å². The van der Waals surface area contributed by atoms with Gasteiger partial charge in [-0.2, -0.15) is 4.98 Å². The predicted octanol–water partition coefficient (Wildman–Crippen LogP) is 3.36. The van der Waals surface area contributed by atoms with Crippen molar-refractivity contribution in [1.82, 2.24) is 15.1 Å². The van der Waals surface area contributed by atoms with Crippen molar-refractivity contribution in [2.75, 3.05) is 13.2 Å². The van der Waals surface area contributed by atoms with E-state index in [-0.39, 0.29) is 42.7 Å². The van der Waals surface area contributed by atoms with E-state index in [1.807, 2.05) is 0 Å².